The molecule has 8 nitrogen and oxygen atoms in total. The molecule has 38 heavy (non-hydrogen) atoms. The summed E-state index contributed by atoms with van der Waals surface area (Å²) < 4.78 is 46.6. The molecule has 0 aliphatic rings. The highest BCUT2D eigenvalue weighted by atomic mass is 32.2. The number of carbonyl (C=O) groups excluding carboxylic acids is 2. The van der Waals surface area contributed by atoms with E-state index in [1.54, 1.807) is 31.2 Å². The third-order valence-electron chi connectivity index (χ3n) is 5.95. The molecule has 0 saturated heterocycles. The SMILES string of the molecule is CCNC(=O)C(Cc1ccccc1)N(Cc1ccccc1F)C(=O)CN(c1ccccc1OC)S(C)(=O)=O. The summed E-state index contributed by atoms with van der Waals surface area (Å²) in [6.45, 7) is 1.23. The maximum absolute atomic E-state index is 14.7. The van der Waals surface area contributed by atoms with Crippen LogP contribution in [0.25, 0.3) is 0 Å². The van der Waals surface area contributed by atoms with Crippen molar-refractivity contribution in [3.05, 3.63) is 95.8 Å². The van der Waals surface area contributed by atoms with Crippen molar-refractivity contribution < 1.29 is 27.1 Å². The standard InChI is InChI=1S/C28H32FN3O5S/c1-4-30-28(34)25(18-21-12-6-5-7-13-21)31(19-22-14-8-9-15-23(22)29)27(33)20-32(38(3,35)36)24-16-10-11-17-26(24)37-2/h5-17,25H,4,18-20H2,1-3H3,(H,30,34). The molecule has 1 atom stereocenters. The van der Waals surface area contributed by atoms with Gasteiger partial charge in [-0.05, 0) is 30.7 Å². The zero-order valence-electron chi connectivity index (χ0n) is 21.6. The predicted molar refractivity (Wildman–Crippen MR) is 145 cm³/mol. The largest absolute Gasteiger partial charge is 0.495 e. The molecular formula is C28H32FN3O5S. The summed E-state index contributed by atoms with van der Waals surface area (Å²) in [7, 11) is -2.54. The molecule has 0 saturated carbocycles. The second kappa shape index (κ2) is 13.0. The number of sulfonamides is 1. The summed E-state index contributed by atoms with van der Waals surface area (Å²) in [5.74, 6) is -1.37. The van der Waals surface area contributed by atoms with Gasteiger partial charge >= 0.3 is 0 Å². The normalized spacial score (nSPS) is 11.9. The van der Waals surface area contributed by atoms with Crippen LogP contribution in [0.3, 0.4) is 0 Å². The number of hydrogen-bond acceptors (Lipinski definition) is 5. The average Bonchev–Trinajstić information content (AvgIpc) is 2.90. The lowest BCUT2D eigenvalue weighted by molar-refractivity contribution is -0.140. The molecule has 0 bridgehead atoms. The van der Waals surface area contributed by atoms with Crippen LogP contribution in [0.2, 0.25) is 0 Å². The van der Waals surface area contributed by atoms with Gasteiger partial charge in [0.2, 0.25) is 21.8 Å². The van der Waals surface area contributed by atoms with Crippen LogP contribution >= 0.6 is 0 Å². The van der Waals surface area contributed by atoms with Gasteiger partial charge in [0.05, 0.1) is 19.1 Å². The number of para-hydroxylation sites is 2. The fourth-order valence-corrected chi connectivity index (χ4v) is 4.94. The van der Waals surface area contributed by atoms with E-state index in [9.17, 15) is 22.4 Å². The average molecular weight is 542 g/mol. The molecule has 10 heteroatoms. The summed E-state index contributed by atoms with van der Waals surface area (Å²) >= 11 is 0. The van der Waals surface area contributed by atoms with E-state index < -0.39 is 40.2 Å². The van der Waals surface area contributed by atoms with Crippen LogP contribution < -0.4 is 14.4 Å². The van der Waals surface area contributed by atoms with Crippen LogP contribution in [0.4, 0.5) is 10.1 Å². The Morgan fingerprint density at radius 1 is 0.974 bits per heavy atom. The van der Waals surface area contributed by atoms with E-state index in [0.29, 0.717) is 6.54 Å². The van der Waals surface area contributed by atoms with Crippen molar-refractivity contribution in [2.75, 3.05) is 30.8 Å². The van der Waals surface area contributed by atoms with Crippen molar-refractivity contribution in [1.82, 2.24) is 10.2 Å². The molecule has 0 aliphatic heterocycles. The van der Waals surface area contributed by atoms with E-state index >= 15 is 0 Å². The van der Waals surface area contributed by atoms with Crippen LogP contribution in [0.1, 0.15) is 18.1 Å². The number of hydrogen-bond donors (Lipinski definition) is 1. The van der Waals surface area contributed by atoms with Crippen molar-refractivity contribution in [3.63, 3.8) is 0 Å². The Balaban J connectivity index is 2.07. The van der Waals surface area contributed by atoms with E-state index in [4.69, 9.17) is 4.74 Å². The van der Waals surface area contributed by atoms with Gasteiger partial charge in [-0.25, -0.2) is 12.8 Å². The Labute approximate surface area is 223 Å². The Morgan fingerprint density at radius 2 is 1.61 bits per heavy atom. The van der Waals surface area contributed by atoms with Crippen molar-refractivity contribution in [3.8, 4) is 5.75 Å². The van der Waals surface area contributed by atoms with Crippen molar-refractivity contribution in [2.24, 2.45) is 0 Å². The summed E-state index contributed by atoms with van der Waals surface area (Å²) in [4.78, 5) is 28.4. The number of nitrogens with zero attached hydrogens (tertiary/aromatic N) is 2. The number of rotatable bonds is 12. The molecule has 0 spiro atoms. The first-order valence-electron chi connectivity index (χ1n) is 12.1. The minimum atomic E-state index is -3.94. The number of carbonyl (C=O) groups is 2. The number of ether oxygens (including phenoxy) is 1. The van der Waals surface area contributed by atoms with E-state index in [-0.39, 0.29) is 30.0 Å². The van der Waals surface area contributed by atoms with Crippen molar-refractivity contribution in [1.29, 1.82) is 0 Å². The van der Waals surface area contributed by atoms with Gasteiger partial charge in [-0.3, -0.25) is 13.9 Å². The lowest BCUT2D eigenvalue weighted by Crippen LogP contribution is -2.53. The van der Waals surface area contributed by atoms with E-state index in [1.807, 2.05) is 30.3 Å². The second-order valence-corrected chi connectivity index (χ2v) is 10.6. The van der Waals surface area contributed by atoms with Gasteiger partial charge in [0, 0.05) is 25.1 Å². The predicted octanol–water partition coefficient (Wildman–Crippen LogP) is 3.38. The molecule has 3 aromatic rings. The summed E-state index contributed by atoms with van der Waals surface area (Å²) in [5, 5.41) is 2.76. The van der Waals surface area contributed by atoms with E-state index in [2.05, 4.69) is 5.32 Å². The highest BCUT2D eigenvalue weighted by molar-refractivity contribution is 7.92. The van der Waals surface area contributed by atoms with Gasteiger partial charge in [0.25, 0.3) is 0 Å². The number of nitrogens with one attached hydrogen (secondary N) is 1. The topological polar surface area (TPSA) is 96.0 Å². The molecular weight excluding hydrogens is 509 g/mol. The zero-order chi connectivity index (χ0) is 27.7. The Bertz CT molecular complexity index is 1350. The van der Waals surface area contributed by atoms with Crippen molar-refractivity contribution in [2.45, 2.75) is 25.9 Å². The van der Waals surface area contributed by atoms with Gasteiger partial charge in [0.1, 0.15) is 24.2 Å². The maximum Gasteiger partial charge on any atom is 0.244 e. The van der Waals surface area contributed by atoms with Gasteiger partial charge in [-0.15, -0.1) is 0 Å². The summed E-state index contributed by atoms with van der Waals surface area (Å²) in [6.07, 6.45) is 1.14. The fraction of sp³-hybridized carbons (Fsp3) is 0.286. The van der Waals surface area contributed by atoms with Gasteiger partial charge in [-0.2, -0.15) is 0 Å². The lowest BCUT2D eigenvalue weighted by atomic mass is 10.0. The summed E-state index contributed by atoms with van der Waals surface area (Å²) in [6, 6.07) is 20.5. The Hall–Kier alpha value is -3.92. The zero-order valence-corrected chi connectivity index (χ0v) is 22.4. The molecule has 1 unspecified atom stereocenters. The fourth-order valence-electron chi connectivity index (χ4n) is 4.09. The first-order valence-corrected chi connectivity index (χ1v) is 14.0. The third kappa shape index (κ3) is 7.32. The lowest BCUT2D eigenvalue weighted by Gasteiger charge is -2.33. The molecule has 1 N–H and O–H groups in total. The van der Waals surface area contributed by atoms with E-state index in [1.165, 1.54) is 36.3 Å². The first kappa shape index (κ1) is 28.6. The smallest absolute Gasteiger partial charge is 0.244 e. The second-order valence-electron chi connectivity index (χ2n) is 8.65. The van der Waals surface area contributed by atoms with Crippen LogP contribution in [0.5, 0.6) is 5.75 Å². The minimum absolute atomic E-state index is 0.153. The molecule has 0 aromatic heterocycles. The van der Waals surface area contributed by atoms with Crippen LogP contribution in [-0.4, -0.2) is 57.6 Å². The third-order valence-corrected chi connectivity index (χ3v) is 7.08. The monoisotopic (exact) mass is 541 g/mol. The van der Waals surface area contributed by atoms with Crippen LogP contribution in [0, 0.1) is 5.82 Å². The number of benzene rings is 3. The molecule has 3 rings (SSSR count). The molecule has 0 fully saturated rings. The van der Waals surface area contributed by atoms with Gasteiger partial charge in [-0.1, -0.05) is 60.7 Å². The summed E-state index contributed by atoms with van der Waals surface area (Å²) in [5.41, 5.74) is 1.17. The Morgan fingerprint density at radius 3 is 2.24 bits per heavy atom. The van der Waals surface area contributed by atoms with Crippen molar-refractivity contribution >= 4 is 27.5 Å². The molecule has 0 radical (unpaired) electrons. The first-order chi connectivity index (χ1) is 18.2. The van der Waals surface area contributed by atoms with Crippen LogP contribution in [0.15, 0.2) is 78.9 Å². The molecule has 202 valence electrons. The highest BCUT2D eigenvalue weighted by Crippen LogP contribution is 2.30. The van der Waals surface area contributed by atoms with Gasteiger partial charge in [0.15, 0.2) is 0 Å². The number of likely N-dealkylation sites (N-methyl/N-ethyl adjacent to an activating group) is 1. The molecule has 2 amide bonds. The quantitative estimate of drug-likeness (QED) is 0.379. The minimum Gasteiger partial charge on any atom is -0.495 e. The molecule has 0 aliphatic carbocycles. The van der Waals surface area contributed by atoms with E-state index in [0.717, 1.165) is 16.1 Å². The highest BCUT2D eigenvalue weighted by Gasteiger charge is 2.33. The Kier molecular flexibility index (Phi) is 9.84. The molecule has 3 aromatic carbocycles. The molecule has 0 heterocycles. The number of methoxy groups -OCH3 is 1. The number of amides is 2. The maximum atomic E-state index is 14.7. The number of anilines is 1. The number of halogens is 1. The van der Waals surface area contributed by atoms with Gasteiger partial charge < -0.3 is 15.0 Å². The van der Waals surface area contributed by atoms with Crippen LogP contribution in [-0.2, 0) is 32.6 Å².